The number of hydrazine groups is 2. The van der Waals surface area contributed by atoms with Gasteiger partial charge in [-0.15, -0.1) is 0 Å². The van der Waals surface area contributed by atoms with Crippen LogP contribution in [0.1, 0.15) is 11.4 Å². The van der Waals surface area contributed by atoms with Gasteiger partial charge in [0, 0.05) is 8.95 Å². The predicted molar refractivity (Wildman–Crippen MR) is 120 cm³/mol. The first-order chi connectivity index (χ1) is 13.4. The summed E-state index contributed by atoms with van der Waals surface area (Å²) in [5.74, 6) is 11.8. The zero-order chi connectivity index (χ0) is 20.3. The molecule has 0 fully saturated rings. The lowest BCUT2D eigenvalue weighted by molar-refractivity contribution is 1.14. The molecule has 2 heterocycles. The van der Waals surface area contributed by atoms with Crippen molar-refractivity contribution in [2.45, 2.75) is 13.8 Å². The summed E-state index contributed by atoms with van der Waals surface area (Å²) in [6, 6.07) is 11.5. The van der Waals surface area contributed by atoms with E-state index in [1.54, 1.807) is 0 Å². The molecular weight excluding hydrogens is 488 g/mol. The van der Waals surface area contributed by atoms with Gasteiger partial charge in [0.15, 0.2) is 11.6 Å². The molecule has 0 unspecified atom stereocenters. The van der Waals surface area contributed by atoms with E-state index >= 15 is 0 Å². The van der Waals surface area contributed by atoms with E-state index in [4.69, 9.17) is 11.7 Å². The summed E-state index contributed by atoms with van der Waals surface area (Å²) in [5, 5.41) is 0. The van der Waals surface area contributed by atoms with Gasteiger partial charge in [0.2, 0.25) is 0 Å². The predicted octanol–water partition coefficient (Wildman–Crippen LogP) is 3.97. The molecule has 0 saturated carbocycles. The fourth-order valence-corrected chi connectivity index (χ4v) is 3.20. The quantitative estimate of drug-likeness (QED) is 0.238. The Hall–Kier alpha value is -2.40. The minimum Gasteiger partial charge on any atom is -0.307 e. The van der Waals surface area contributed by atoms with Gasteiger partial charge in [-0.2, -0.15) is 0 Å². The number of benzene rings is 2. The average molecular weight is 506 g/mol. The molecule has 4 aromatic rings. The fourth-order valence-electron chi connectivity index (χ4n) is 2.50. The SMILES string of the molecule is Cc1nc2cc(Br)ccc2nc1NN.Cc1nc2ccc(Br)cc2nc1NN. The number of anilines is 2. The summed E-state index contributed by atoms with van der Waals surface area (Å²) >= 11 is 6.76. The van der Waals surface area contributed by atoms with Crippen LogP contribution in [-0.2, 0) is 0 Å². The molecule has 10 heteroatoms. The number of nitrogen functional groups attached to an aromatic ring is 2. The van der Waals surface area contributed by atoms with Crippen molar-refractivity contribution in [1.29, 1.82) is 0 Å². The molecule has 6 N–H and O–H groups in total. The highest BCUT2D eigenvalue weighted by Gasteiger charge is 2.04. The maximum atomic E-state index is 5.32. The number of hydrogen-bond acceptors (Lipinski definition) is 8. The van der Waals surface area contributed by atoms with Crippen LogP contribution >= 0.6 is 31.9 Å². The lowest BCUT2D eigenvalue weighted by Gasteiger charge is -2.05. The van der Waals surface area contributed by atoms with E-state index < -0.39 is 0 Å². The molecule has 4 rings (SSSR count). The van der Waals surface area contributed by atoms with Crippen LogP contribution in [0.25, 0.3) is 22.1 Å². The maximum absolute atomic E-state index is 5.32. The van der Waals surface area contributed by atoms with Crippen molar-refractivity contribution >= 4 is 65.6 Å². The second-order valence-corrected chi connectivity index (χ2v) is 7.70. The third kappa shape index (κ3) is 4.53. The van der Waals surface area contributed by atoms with Gasteiger partial charge in [-0.05, 0) is 50.2 Å². The van der Waals surface area contributed by atoms with Crippen LogP contribution in [0.4, 0.5) is 11.6 Å². The Balaban J connectivity index is 0.000000161. The number of nitrogens with two attached hydrogens (primary N) is 2. The first-order valence-electron chi connectivity index (χ1n) is 8.22. The summed E-state index contributed by atoms with van der Waals surface area (Å²) in [6.07, 6.45) is 0. The smallest absolute Gasteiger partial charge is 0.162 e. The van der Waals surface area contributed by atoms with Crippen molar-refractivity contribution in [2.24, 2.45) is 11.7 Å². The van der Waals surface area contributed by atoms with Gasteiger partial charge in [-0.25, -0.2) is 31.6 Å². The second-order valence-electron chi connectivity index (χ2n) is 5.87. The van der Waals surface area contributed by atoms with Crippen LogP contribution in [-0.4, -0.2) is 19.9 Å². The molecule has 0 aliphatic heterocycles. The number of aryl methyl sites for hydroxylation is 2. The largest absolute Gasteiger partial charge is 0.307 e. The molecule has 8 nitrogen and oxygen atoms in total. The van der Waals surface area contributed by atoms with E-state index in [-0.39, 0.29) is 0 Å². The van der Waals surface area contributed by atoms with Crippen molar-refractivity contribution in [2.75, 3.05) is 10.9 Å². The van der Waals surface area contributed by atoms with Crippen LogP contribution in [0, 0.1) is 13.8 Å². The molecule has 0 spiro atoms. The van der Waals surface area contributed by atoms with E-state index in [0.717, 1.165) is 42.4 Å². The molecule has 28 heavy (non-hydrogen) atoms. The van der Waals surface area contributed by atoms with Crippen molar-refractivity contribution in [3.63, 3.8) is 0 Å². The molecular formula is C18H18Br2N8. The number of hydrogen-bond donors (Lipinski definition) is 4. The highest BCUT2D eigenvalue weighted by Crippen LogP contribution is 2.20. The average Bonchev–Trinajstić information content (AvgIpc) is 2.67. The second kappa shape index (κ2) is 8.74. The van der Waals surface area contributed by atoms with E-state index in [0.29, 0.717) is 11.6 Å². The van der Waals surface area contributed by atoms with E-state index in [1.807, 2.05) is 50.2 Å². The van der Waals surface area contributed by atoms with E-state index in [1.165, 1.54) is 0 Å². The van der Waals surface area contributed by atoms with Crippen molar-refractivity contribution < 1.29 is 0 Å². The maximum Gasteiger partial charge on any atom is 0.162 e. The number of fused-ring (bicyclic) bond motifs is 2. The van der Waals surface area contributed by atoms with E-state index in [9.17, 15) is 0 Å². The van der Waals surface area contributed by atoms with Crippen molar-refractivity contribution in [3.8, 4) is 0 Å². The molecule has 0 radical (unpaired) electrons. The molecule has 144 valence electrons. The molecule has 2 aromatic heterocycles. The molecule has 0 saturated heterocycles. The fraction of sp³-hybridized carbons (Fsp3) is 0.111. The lowest BCUT2D eigenvalue weighted by Crippen LogP contribution is -2.11. The van der Waals surface area contributed by atoms with Crippen LogP contribution in [0.2, 0.25) is 0 Å². The molecule has 0 atom stereocenters. The highest BCUT2D eigenvalue weighted by molar-refractivity contribution is 9.10. The topological polar surface area (TPSA) is 128 Å². The van der Waals surface area contributed by atoms with Crippen LogP contribution in [0.3, 0.4) is 0 Å². The zero-order valence-corrected chi connectivity index (χ0v) is 18.3. The van der Waals surface area contributed by atoms with Crippen molar-refractivity contribution in [1.82, 2.24) is 19.9 Å². The molecule has 0 amide bonds. The van der Waals surface area contributed by atoms with Gasteiger partial charge in [0.1, 0.15) is 0 Å². The van der Waals surface area contributed by atoms with Crippen LogP contribution in [0.15, 0.2) is 45.3 Å². The van der Waals surface area contributed by atoms with Crippen LogP contribution < -0.4 is 22.5 Å². The lowest BCUT2D eigenvalue weighted by atomic mass is 10.3. The van der Waals surface area contributed by atoms with Crippen molar-refractivity contribution in [3.05, 3.63) is 56.7 Å². The molecule has 0 aliphatic carbocycles. The van der Waals surface area contributed by atoms with E-state index in [2.05, 4.69) is 62.6 Å². The summed E-state index contributed by atoms with van der Waals surface area (Å²) in [6.45, 7) is 3.73. The summed E-state index contributed by atoms with van der Waals surface area (Å²) in [4.78, 5) is 17.4. The number of halogens is 2. The van der Waals surface area contributed by atoms with Gasteiger partial charge >= 0.3 is 0 Å². The minimum absolute atomic E-state index is 0.607. The molecule has 0 aliphatic rings. The van der Waals surface area contributed by atoms with Gasteiger partial charge in [-0.3, -0.25) is 0 Å². The third-order valence-electron chi connectivity index (χ3n) is 3.87. The Morgan fingerprint density at radius 2 is 1.04 bits per heavy atom. The first kappa shape index (κ1) is 20.3. The summed E-state index contributed by atoms with van der Waals surface area (Å²) in [5.41, 5.74) is 9.98. The van der Waals surface area contributed by atoms with Gasteiger partial charge in [0.05, 0.1) is 33.5 Å². The normalized spacial score (nSPS) is 10.5. The summed E-state index contributed by atoms with van der Waals surface area (Å²) < 4.78 is 1.97. The Morgan fingerprint density at radius 1 is 0.643 bits per heavy atom. The molecule has 2 aromatic carbocycles. The van der Waals surface area contributed by atoms with Crippen LogP contribution in [0.5, 0.6) is 0 Å². The number of rotatable bonds is 2. The van der Waals surface area contributed by atoms with Gasteiger partial charge in [-0.1, -0.05) is 31.9 Å². The monoisotopic (exact) mass is 504 g/mol. The van der Waals surface area contributed by atoms with Gasteiger partial charge in [0.25, 0.3) is 0 Å². The Kier molecular flexibility index (Phi) is 6.35. The first-order valence-corrected chi connectivity index (χ1v) is 9.81. The zero-order valence-electron chi connectivity index (χ0n) is 15.2. The Labute approximate surface area is 178 Å². The third-order valence-corrected chi connectivity index (χ3v) is 4.86. The molecule has 0 bridgehead atoms. The highest BCUT2D eigenvalue weighted by atomic mass is 79.9. The Bertz CT molecular complexity index is 1150. The minimum atomic E-state index is 0.607. The standard InChI is InChI=1S/2C9H9BrN4/c1-5-9(14-11)13-7-3-2-6(10)4-8(7)12-5;1-5-9(14-11)13-8-4-6(10)2-3-7(8)12-5/h2*2-4H,11H2,1H3,(H,13,14). The number of aromatic nitrogens is 4. The van der Waals surface area contributed by atoms with Gasteiger partial charge < -0.3 is 10.9 Å². The number of nitrogens with one attached hydrogen (secondary N) is 2. The number of nitrogens with zero attached hydrogens (tertiary/aromatic N) is 4. The summed E-state index contributed by atoms with van der Waals surface area (Å²) in [7, 11) is 0. The Morgan fingerprint density at radius 3 is 1.54 bits per heavy atom.